The third-order valence-corrected chi connectivity index (χ3v) is 6.84. The molecule has 1 amide bonds. The Bertz CT molecular complexity index is 979. The van der Waals surface area contributed by atoms with E-state index in [0.29, 0.717) is 12.5 Å². The molecule has 4 heterocycles. The van der Waals surface area contributed by atoms with Crippen LogP contribution in [-0.4, -0.2) is 53.7 Å². The molecule has 2 aliphatic heterocycles. The van der Waals surface area contributed by atoms with E-state index in [4.69, 9.17) is 9.47 Å². The summed E-state index contributed by atoms with van der Waals surface area (Å²) in [6.45, 7) is 4.27. The molecule has 0 aliphatic carbocycles. The molecule has 1 saturated heterocycles. The highest BCUT2D eigenvalue weighted by molar-refractivity contribution is 7.20. The Hall–Kier alpha value is -2.42. The van der Waals surface area contributed by atoms with Crippen LogP contribution in [0.4, 0.5) is 0 Å². The minimum atomic E-state index is 0.0294. The third-order valence-electron chi connectivity index (χ3n) is 4.96. The molecular weight excluding hydrogens is 394 g/mol. The fraction of sp³-hybridized carbons (Fsp3) is 0.300. The summed E-state index contributed by atoms with van der Waals surface area (Å²) in [5.41, 5.74) is 1.75. The summed E-state index contributed by atoms with van der Waals surface area (Å²) in [6.07, 6.45) is 0. The largest absolute Gasteiger partial charge is 0.454 e. The minimum Gasteiger partial charge on any atom is -0.454 e. The lowest BCUT2D eigenvalue weighted by molar-refractivity contribution is 0.0623. The number of fused-ring (bicyclic) bond motifs is 1. The van der Waals surface area contributed by atoms with Crippen LogP contribution in [0.5, 0.6) is 11.5 Å². The predicted molar refractivity (Wildman–Crippen MR) is 109 cm³/mol. The van der Waals surface area contributed by atoms with Crippen LogP contribution in [0.15, 0.2) is 41.1 Å². The maximum absolute atomic E-state index is 12.8. The van der Waals surface area contributed by atoms with Crippen LogP contribution in [-0.2, 0) is 6.54 Å². The molecule has 0 unspecified atom stereocenters. The van der Waals surface area contributed by atoms with Gasteiger partial charge in [0.1, 0.15) is 10.7 Å². The first-order valence-electron chi connectivity index (χ1n) is 9.16. The molecule has 0 N–H and O–H groups in total. The van der Waals surface area contributed by atoms with Crippen molar-refractivity contribution in [3.63, 3.8) is 0 Å². The first kappa shape index (κ1) is 17.7. The maximum atomic E-state index is 12.8. The van der Waals surface area contributed by atoms with Crippen molar-refractivity contribution in [3.8, 4) is 21.4 Å². The first-order chi connectivity index (χ1) is 13.8. The number of carbonyl (C=O) groups excluding carboxylic acids is 1. The lowest BCUT2D eigenvalue weighted by atomic mass is 10.1. The molecule has 0 radical (unpaired) electrons. The number of nitrogens with zero attached hydrogens (tertiary/aromatic N) is 3. The van der Waals surface area contributed by atoms with Gasteiger partial charge in [0.15, 0.2) is 11.5 Å². The van der Waals surface area contributed by atoms with Crippen molar-refractivity contribution in [2.75, 3.05) is 33.0 Å². The Kier molecular flexibility index (Phi) is 4.76. The molecule has 1 aromatic carbocycles. The van der Waals surface area contributed by atoms with Gasteiger partial charge >= 0.3 is 0 Å². The standard InChI is InChI=1S/C20H19N3O3S2/c24-20(15-12-28-19(21-15)18-2-1-9-27-18)23-7-5-22(6-8-23)11-14-3-4-16-17(10-14)26-13-25-16/h1-4,9-10,12H,5-8,11,13H2. The van der Waals surface area contributed by atoms with Gasteiger partial charge in [-0.1, -0.05) is 12.1 Å². The van der Waals surface area contributed by atoms with E-state index in [9.17, 15) is 4.79 Å². The molecule has 1 fully saturated rings. The SMILES string of the molecule is O=C(c1csc(-c2cccs2)n1)N1CCN(Cc2ccc3c(c2)OCO3)CC1. The summed E-state index contributed by atoms with van der Waals surface area (Å²) in [6, 6.07) is 10.1. The zero-order valence-corrected chi connectivity index (χ0v) is 16.8. The lowest BCUT2D eigenvalue weighted by Gasteiger charge is -2.34. The average molecular weight is 414 g/mol. The molecule has 3 aromatic rings. The number of aromatic nitrogens is 1. The van der Waals surface area contributed by atoms with Gasteiger partial charge in [-0.15, -0.1) is 22.7 Å². The summed E-state index contributed by atoms with van der Waals surface area (Å²) in [7, 11) is 0. The molecule has 2 aliphatic rings. The van der Waals surface area contributed by atoms with Crippen LogP contribution in [0.25, 0.3) is 9.88 Å². The molecule has 28 heavy (non-hydrogen) atoms. The van der Waals surface area contributed by atoms with Gasteiger partial charge in [0.25, 0.3) is 5.91 Å². The van der Waals surface area contributed by atoms with Crippen molar-refractivity contribution in [1.29, 1.82) is 0 Å². The number of thiophene rings is 1. The minimum absolute atomic E-state index is 0.0294. The third kappa shape index (κ3) is 3.50. The Morgan fingerprint density at radius 2 is 1.93 bits per heavy atom. The van der Waals surface area contributed by atoms with E-state index >= 15 is 0 Å². The van der Waals surface area contributed by atoms with Crippen LogP contribution in [0.2, 0.25) is 0 Å². The number of ether oxygens (including phenoxy) is 2. The number of benzene rings is 1. The van der Waals surface area contributed by atoms with E-state index < -0.39 is 0 Å². The first-order valence-corrected chi connectivity index (χ1v) is 10.9. The highest BCUT2D eigenvalue weighted by Gasteiger charge is 2.24. The van der Waals surface area contributed by atoms with Gasteiger partial charge < -0.3 is 14.4 Å². The van der Waals surface area contributed by atoms with Gasteiger partial charge in [-0.05, 0) is 29.1 Å². The van der Waals surface area contributed by atoms with Crippen molar-refractivity contribution in [1.82, 2.24) is 14.8 Å². The summed E-state index contributed by atoms with van der Waals surface area (Å²) >= 11 is 3.18. The van der Waals surface area contributed by atoms with Gasteiger partial charge in [0.05, 0.1) is 4.88 Å². The van der Waals surface area contributed by atoms with Crippen LogP contribution in [0, 0.1) is 0 Å². The van der Waals surface area contributed by atoms with Gasteiger partial charge in [-0.2, -0.15) is 0 Å². The molecule has 144 valence electrons. The summed E-state index contributed by atoms with van der Waals surface area (Å²) in [4.78, 5) is 22.7. The fourth-order valence-corrected chi connectivity index (χ4v) is 5.06. The number of hydrogen-bond acceptors (Lipinski definition) is 7. The normalized spacial score (nSPS) is 16.5. The van der Waals surface area contributed by atoms with Crippen molar-refractivity contribution in [2.24, 2.45) is 0 Å². The second-order valence-corrected chi connectivity index (χ2v) is 8.58. The lowest BCUT2D eigenvalue weighted by Crippen LogP contribution is -2.48. The Balaban J connectivity index is 1.18. The van der Waals surface area contributed by atoms with Gasteiger partial charge in [0, 0.05) is 38.1 Å². The molecule has 0 saturated carbocycles. The predicted octanol–water partition coefficient (Wildman–Crippen LogP) is 3.56. The topological polar surface area (TPSA) is 54.9 Å². The Morgan fingerprint density at radius 3 is 2.75 bits per heavy atom. The molecule has 8 heteroatoms. The van der Waals surface area contributed by atoms with E-state index in [1.54, 1.807) is 11.3 Å². The molecule has 5 rings (SSSR count). The smallest absolute Gasteiger partial charge is 0.273 e. The van der Waals surface area contributed by atoms with Crippen LogP contribution in [0.1, 0.15) is 16.1 Å². The summed E-state index contributed by atoms with van der Waals surface area (Å²) < 4.78 is 10.8. The second-order valence-electron chi connectivity index (χ2n) is 6.77. The quantitative estimate of drug-likeness (QED) is 0.655. The Morgan fingerprint density at radius 1 is 1.07 bits per heavy atom. The average Bonchev–Trinajstić information content (AvgIpc) is 3.48. The van der Waals surface area contributed by atoms with Crippen molar-refractivity contribution in [2.45, 2.75) is 6.54 Å². The molecule has 0 atom stereocenters. The summed E-state index contributed by atoms with van der Waals surface area (Å²) in [5.74, 6) is 1.66. The molecule has 0 bridgehead atoms. The van der Waals surface area contributed by atoms with E-state index in [2.05, 4.69) is 16.0 Å². The molecule has 2 aromatic heterocycles. The van der Waals surface area contributed by atoms with Gasteiger partial charge in [0.2, 0.25) is 6.79 Å². The summed E-state index contributed by atoms with van der Waals surface area (Å²) in [5, 5.41) is 4.81. The van der Waals surface area contributed by atoms with Gasteiger partial charge in [-0.25, -0.2) is 4.98 Å². The fourth-order valence-electron chi connectivity index (χ4n) is 3.45. The van der Waals surface area contributed by atoms with Crippen molar-refractivity contribution >= 4 is 28.6 Å². The monoisotopic (exact) mass is 413 g/mol. The maximum Gasteiger partial charge on any atom is 0.273 e. The number of thiazole rings is 1. The molecular formula is C20H19N3O3S2. The zero-order valence-electron chi connectivity index (χ0n) is 15.2. The zero-order chi connectivity index (χ0) is 18.9. The number of rotatable bonds is 4. The van der Waals surface area contributed by atoms with Crippen LogP contribution >= 0.6 is 22.7 Å². The van der Waals surface area contributed by atoms with Crippen molar-refractivity contribution in [3.05, 3.63) is 52.3 Å². The molecule has 0 spiro atoms. The van der Waals surface area contributed by atoms with E-state index in [-0.39, 0.29) is 5.91 Å². The van der Waals surface area contributed by atoms with E-state index in [1.165, 1.54) is 16.9 Å². The van der Waals surface area contributed by atoms with Crippen molar-refractivity contribution < 1.29 is 14.3 Å². The highest BCUT2D eigenvalue weighted by atomic mass is 32.1. The number of amides is 1. The highest BCUT2D eigenvalue weighted by Crippen LogP contribution is 2.33. The van der Waals surface area contributed by atoms with Gasteiger partial charge in [-0.3, -0.25) is 9.69 Å². The number of hydrogen-bond donors (Lipinski definition) is 0. The van der Waals surface area contributed by atoms with Crippen LogP contribution < -0.4 is 9.47 Å². The van der Waals surface area contributed by atoms with E-state index in [1.807, 2.05) is 39.9 Å². The molecule has 6 nitrogen and oxygen atoms in total. The Labute approximate surface area is 170 Å². The number of piperazine rings is 1. The number of carbonyl (C=O) groups is 1. The second kappa shape index (κ2) is 7.54. The van der Waals surface area contributed by atoms with Crippen LogP contribution in [0.3, 0.4) is 0 Å². The van der Waals surface area contributed by atoms with E-state index in [0.717, 1.165) is 54.1 Å².